The van der Waals surface area contributed by atoms with E-state index in [1.54, 1.807) is 32.0 Å². The standard InChI is InChI=1S/C21H28N4O4S/c1-5-7-12-24(6-2)30(28,29)17-13-16(9-8-14(17)3)20-15(4)23-25-19(27)11-10-18(26)22-21(20)25/h8-9,13H,5-7,10-12H2,1-4H3,(H,22,26). The molecule has 0 bridgehead atoms. The third-order valence-electron chi connectivity index (χ3n) is 5.33. The number of aryl methyl sites for hydroxylation is 2. The topological polar surface area (TPSA) is 101 Å². The minimum Gasteiger partial charge on any atom is -0.310 e. The molecule has 0 fully saturated rings. The highest BCUT2D eigenvalue weighted by molar-refractivity contribution is 7.89. The van der Waals surface area contributed by atoms with Gasteiger partial charge in [-0.3, -0.25) is 9.59 Å². The molecule has 8 nitrogen and oxygen atoms in total. The van der Waals surface area contributed by atoms with E-state index in [0.29, 0.717) is 41.3 Å². The molecule has 1 aromatic carbocycles. The minimum absolute atomic E-state index is 0.0792. The van der Waals surface area contributed by atoms with Crippen LogP contribution < -0.4 is 5.32 Å². The number of fused-ring (bicyclic) bond motifs is 1. The summed E-state index contributed by atoms with van der Waals surface area (Å²) in [5.74, 6) is -0.236. The van der Waals surface area contributed by atoms with Crippen LogP contribution in [0.2, 0.25) is 0 Å². The minimum atomic E-state index is -3.68. The molecular weight excluding hydrogens is 404 g/mol. The molecule has 2 heterocycles. The van der Waals surface area contributed by atoms with Gasteiger partial charge in [0.2, 0.25) is 21.8 Å². The number of hydrogen-bond donors (Lipinski definition) is 1. The Balaban J connectivity index is 2.13. The van der Waals surface area contributed by atoms with Crippen LogP contribution in [0.4, 0.5) is 5.82 Å². The van der Waals surface area contributed by atoms with E-state index in [4.69, 9.17) is 0 Å². The average Bonchev–Trinajstić information content (AvgIpc) is 2.95. The summed E-state index contributed by atoms with van der Waals surface area (Å²) < 4.78 is 29.3. The number of rotatable bonds is 7. The smallest absolute Gasteiger partial charge is 0.249 e. The van der Waals surface area contributed by atoms with Crippen LogP contribution in [0, 0.1) is 13.8 Å². The van der Waals surface area contributed by atoms with Crippen LogP contribution in [0.1, 0.15) is 55.6 Å². The molecule has 3 rings (SSSR count). The van der Waals surface area contributed by atoms with E-state index >= 15 is 0 Å². The normalized spacial score (nSPS) is 14.6. The quantitative estimate of drug-likeness (QED) is 0.723. The number of nitrogens with zero attached hydrogens (tertiary/aromatic N) is 3. The lowest BCUT2D eigenvalue weighted by molar-refractivity contribution is -0.116. The molecule has 0 unspecified atom stereocenters. The first-order valence-corrected chi connectivity index (χ1v) is 11.7. The number of carbonyl (C=O) groups excluding carboxylic acids is 2. The van der Waals surface area contributed by atoms with Crippen molar-refractivity contribution < 1.29 is 18.0 Å². The Bertz CT molecular complexity index is 1090. The van der Waals surface area contributed by atoms with Crippen molar-refractivity contribution in [2.75, 3.05) is 18.4 Å². The monoisotopic (exact) mass is 432 g/mol. The molecule has 1 N–H and O–H groups in total. The molecular formula is C21H28N4O4S. The van der Waals surface area contributed by atoms with E-state index in [2.05, 4.69) is 10.4 Å². The molecule has 2 aromatic rings. The van der Waals surface area contributed by atoms with Crippen molar-refractivity contribution in [3.05, 3.63) is 29.5 Å². The molecule has 0 spiro atoms. The molecule has 9 heteroatoms. The number of sulfonamides is 1. The Morgan fingerprint density at radius 2 is 1.90 bits per heavy atom. The first-order chi connectivity index (χ1) is 14.2. The summed E-state index contributed by atoms with van der Waals surface area (Å²) in [5.41, 5.74) is 2.35. The first kappa shape index (κ1) is 22.2. The van der Waals surface area contributed by atoms with Crippen molar-refractivity contribution in [2.45, 2.75) is 58.3 Å². The van der Waals surface area contributed by atoms with Gasteiger partial charge in [-0.25, -0.2) is 8.42 Å². The van der Waals surface area contributed by atoms with Crippen LogP contribution in [0.25, 0.3) is 11.1 Å². The lowest BCUT2D eigenvalue weighted by Gasteiger charge is -2.22. The fourth-order valence-electron chi connectivity index (χ4n) is 3.65. The maximum Gasteiger partial charge on any atom is 0.249 e. The lowest BCUT2D eigenvalue weighted by Crippen LogP contribution is -2.32. The zero-order chi connectivity index (χ0) is 22.1. The van der Waals surface area contributed by atoms with Gasteiger partial charge in [0.15, 0.2) is 0 Å². The molecule has 1 aliphatic rings. The van der Waals surface area contributed by atoms with Crippen LogP contribution in [0.3, 0.4) is 0 Å². The number of amides is 1. The molecule has 162 valence electrons. The second kappa shape index (κ2) is 8.69. The van der Waals surface area contributed by atoms with E-state index in [0.717, 1.165) is 12.8 Å². The first-order valence-electron chi connectivity index (χ1n) is 10.2. The van der Waals surface area contributed by atoms with Gasteiger partial charge < -0.3 is 5.32 Å². The van der Waals surface area contributed by atoms with Crippen LogP contribution in [0.15, 0.2) is 23.1 Å². The van der Waals surface area contributed by atoms with Gasteiger partial charge >= 0.3 is 0 Å². The summed E-state index contributed by atoms with van der Waals surface area (Å²) in [6, 6.07) is 5.16. The van der Waals surface area contributed by atoms with Gasteiger partial charge in [0.25, 0.3) is 0 Å². The zero-order valence-electron chi connectivity index (χ0n) is 17.9. The highest BCUT2D eigenvalue weighted by Gasteiger charge is 2.29. The predicted molar refractivity (Wildman–Crippen MR) is 115 cm³/mol. The molecule has 30 heavy (non-hydrogen) atoms. The number of hydrogen-bond acceptors (Lipinski definition) is 5. The molecule has 0 saturated carbocycles. The number of anilines is 1. The Labute approximate surface area is 177 Å². The van der Waals surface area contributed by atoms with Crippen molar-refractivity contribution in [1.29, 1.82) is 0 Å². The van der Waals surface area contributed by atoms with Gasteiger partial charge in [-0.05, 0) is 37.5 Å². The summed E-state index contributed by atoms with van der Waals surface area (Å²) in [6.07, 6.45) is 1.86. The fraction of sp³-hybridized carbons (Fsp3) is 0.476. The molecule has 1 aromatic heterocycles. The maximum absolute atomic E-state index is 13.3. The zero-order valence-corrected chi connectivity index (χ0v) is 18.7. The van der Waals surface area contributed by atoms with Gasteiger partial charge in [0.1, 0.15) is 5.82 Å². The number of unbranched alkanes of at least 4 members (excludes halogenated alkanes) is 1. The third-order valence-corrected chi connectivity index (χ3v) is 7.45. The summed E-state index contributed by atoms with van der Waals surface area (Å²) in [6.45, 7) is 8.21. The van der Waals surface area contributed by atoms with Crippen molar-refractivity contribution >= 4 is 27.7 Å². The molecule has 0 aliphatic carbocycles. The molecule has 0 radical (unpaired) electrons. The van der Waals surface area contributed by atoms with E-state index in [1.807, 2.05) is 13.8 Å². The van der Waals surface area contributed by atoms with Crippen molar-refractivity contribution in [3.8, 4) is 11.1 Å². The van der Waals surface area contributed by atoms with Crippen LogP contribution in [0.5, 0.6) is 0 Å². The summed E-state index contributed by atoms with van der Waals surface area (Å²) >= 11 is 0. The van der Waals surface area contributed by atoms with Gasteiger partial charge in [-0.1, -0.05) is 32.4 Å². The van der Waals surface area contributed by atoms with Gasteiger partial charge in [0, 0.05) is 31.5 Å². The van der Waals surface area contributed by atoms with Gasteiger partial charge in [0.05, 0.1) is 10.6 Å². The van der Waals surface area contributed by atoms with Crippen molar-refractivity contribution in [1.82, 2.24) is 14.1 Å². The number of nitrogens with one attached hydrogen (secondary N) is 1. The molecule has 1 aliphatic heterocycles. The van der Waals surface area contributed by atoms with E-state index < -0.39 is 10.0 Å². The number of carbonyl (C=O) groups is 2. The Morgan fingerprint density at radius 1 is 1.17 bits per heavy atom. The summed E-state index contributed by atoms with van der Waals surface area (Å²) in [4.78, 5) is 24.7. The van der Waals surface area contributed by atoms with Crippen LogP contribution in [-0.2, 0) is 14.8 Å². The predicted octanol–water partition coefficient (Wildman–Crippen LogP) is 3.35. The van der Waals surface area contributed by atoms with Crippen LogP contribution >= 0.6 is 0 Å². The second-order valence-corrected chi connectivity index (χ2v) is 9.40. The lowest BCUT2D eigenvalue weighted by atomic mass is 10.0. The number of aromatic nitrogens is 2. The average molecular weight is 433 g/mol. The van der Waals surface area contributed by atoms with E-state index in [1.165, 1.54) is 8.99 Å². The van der Waals surface area contributed by atoms with Crippen LogP contribution in [-0.4, -0.2) is 47.4 Å². The Hall–Kier alpha value is -2.52. The molecule has 0 saturated heterocycles. The second-order valence-electron chi connectivity index (χ2n) is 7.49. The Kier molecular flexibility index (Phi) is 6.42. The number of benzene rings is 1. The maximum atomic E-state index is 13.3. The van der Waals surface area contributed by atoms with Gasteiger partial charge in [-0.15, -0.1) is 0 Å². The summed E-state index contributed by atoms with van der Waals surface area (Å²) in [5, 5.41) is 7.06. The SMILES string of the molecule is CCCCN(CC)S(=O)(=O)c1cc(-c2c(C)nn3c2NC(=O)CCC3=O)ccc1C. The summed E-state index contributed by atoms with van der Waals surface area (Å²) in [7, 11) is -3.68. The van der Waals surface area contributed by atoms with E-state index in [9.17, 15) is 18.0 Å². The third kappa shape index (κ3) is 4.04. The van der Waals surface area contributed by atoms with E-state index in [-0.39, 0.29) is 29.6 Å². The van der Waals surface area contributed by atoms with Crippen molar-refractivity contribution in [3.63, 3.8) is 0 Å². The van der Waals surface area contributed by atoms with Gasteiger partial charge in [-0.2, -0.15) is 14.1 Å². The largest absolute Gasteiger partial charge is 0.310 e. The fourth-order valence-corrected chi connectivity index (χ4v) is 5.38. The molecule has 1 amide bonds. The molecule has 0 atom stereocenters. The highest BCUT2D eigenvalue weighted by atomic mass is 32.2. The highest BCUT2D eigenvalue weighted by Crippen LogP contribution is 2.35. The Morgan fingerprint density at radius 3 is 2.57 bits per heavy atom. The van der Waals surface area contributed by atoms with Crippen molar-refractivity contribution in [2.24, 2.45) is 0 Å².